The number of fused-ring (bicyclic) bond motifs is 2. The van der Waals surface area contributed by atoms with Crippen molar-refractivity contribution in [2.24, 2.45) is 10.8 Å². The van der Waals surface area contributed by atoms with E-state index in [2.05, 4.69) is 69.5 Å². The fourth-order valence-electron chi connectivity index (χ4n) is 8.15. The molecule has 0 saturated heterocycles. The normalized spacial score (nSPS) is 18.5. The van der Waals surface area contributed by atoms with E-state index in [9.17, 15) is 9.59 Å². The molecule has 1 fully saturated rings. The van der Waals surface area contributed by atoms with Gasteiger partial charge in [-0.3, -0.25) is 9.59 Å². The highest BCUT2D eigenvalue weighted by molar-refractivity contribution is 6.08. The van der Waals surface area contributed by atoms with Crippen molar-refractivity contribution < 1.29 is 9.59 Å². The van der Waals surface area contributed by atoms with Gasteiger partial charge in [-0.15, -0.1) is 0 Å². The number of rotatable bonds is 7. The molecule has 252 valence electrons. The lowest BCUT2D eigenvalue weighted by atomic mass is 9.62. The van der Waals surface area contributed by atoms with Gasteiger partial charge in [0.25, 0.3) is 11.8 Å². The highest BCUT2D eigenvalue weighted by Gasteiger charge is 2.42. The third-order valence-electron chi connectivity index (χ3n) is 10.0. The summed E-state index contributed by atoms with van der Waals surface area (Å²) in [5.74, 6) is -0.215. The first-order valence-corrected chi connectivity index (χ1v) is 17.5. The summed E-state index contributed by atoms with van der Waals surface area (Å²) in [6.45, 7) is 11.4. The summed E-state index contributed by atoms with van der Waals surface area (Å²) in [5.41, 5.74) is 8.37. The zero-order valence-electron chi connectivity index (χ0n) is 29.5. The average molecular weight is 661 g/mol. The minimum absolute atomic E-state index is 0.0373. The Morgan fingerprint density at radius 3 is 1.72 bits per heavy atom. The molecule has 0 spiro atoms. The number of hydrogen-bond donors (Lipinski definition) is 2. The van der Waals surface area contributed by atoms with Crippen LogP contribution in [0.3, 0.4) is 0 Å². The van der Waals surface area contributed by atoms with Gasteiger partial charge >= 0.3 is 0 Å². The molecule has 2 aromatic heterocycles. The van der Waals surface area contributed by atoms with Gasteiger partial charge in [0.15, 0.2) is 0 Å². The number of nitrogens with zero attached hydrogens (tertiary/aromatic N) is 2. The van der Waals surface area contributed by atoms with Crippen molar-refractivity contribution in [2.75, 3.05) is 6.54 Å². The summed E-state index contributed by atoms with van der Waals surface area (Å²) < 4.78 is 0. The van der Waals surface area contributed by atoms with Crippen LogP contribution in [0.25, 0.3) is 44.3 Å². The molecule has 7 rings (SSSR count). The fourth-order valence-corrected chi connectivity index (χ4v) is 8.15. The van der Waals surface area contributed by atoms with Crippen molar-refractivity contribution in [3.8, 4) is 22.5 Å². The van der Waals surface area contributed by atoms with E-state index in [4.69, 9.17) is 9.97 Å². The van der Waals surface area contributed by atoms with E-state index in [0.29, 0.717) is 17.7 Å². The van der Waals surface area contributed by atoms with E-state index in [1.54, 1.807) is 0 Å². The molecule has 2 heterocycles. The summed E-state index contributed by atoms with van der Waals surface area (Å²) in [5, 5.41) is 8.38. The van der Waals surface area contributed by atoms with Gasteiger partial charge in [-0.2, -0.15) is 0 Å². The van der Waals surface area contributed by atoms with Crippen molar-refractivity contribution in [3.63, 3.8) is 0 Å². The monoisotopic (exact) mass is 660 g/mol. The lowest BCUT2D eigenvalue weighted by Crippen LogP contribution is -2.50. The Hall–Kier alpha value is -5.36. The number of pyridine rings is 2. The first-order valence-electron chi connectivity index (χ1n) is 17.5. The van der Waals surface area contributed by atoms with Crippen molar-refractivity contribution >= 4 is 33.6 Å². The number of hydrogen-bond acceptors (Lipinski definition) is 4. The van der Waals surface area contributed by atoms with Crippen LogP contribution in [0.2, 0.25) is 0 Å². The molecule has 0 bridgehead atoms. The number of nitrogens with one attached hydrogen (secondary N) is 2. The summed E-state index contributed by atoms with van der Waals surface area (Å²) in [4.78, 5) is 37.9. The number of carbonyl (C=O) groups is 2. The van der Waals surface area contributed by atoms with Crippen molar-refractivity contribution in [1.29, 1.82) is 0 Å². The van der Waals surface area contributed by atoms with Crippen molar-refractivity contribution in [1.82, 2.24) is 20.6 Å². The van der Waals surface area contributed by atoms with Crippen LogP contribution in [0.1, 0.15) is 71.9 Å². The van der Waals surface area contributed by atoms with E-state index in [1.165, 1.54) is 0 Å². The number of aromatic nitrogens is 2. The summed E-state index contributed by atoms with van der Waals surface area (Å²) in [6.07, 6.45) is 2.53. The van der Waals surface area contributed by atoms with Crippen LogP contribution in [0, 0.1) is 24.7 Å². The van der Waals surface area contributed by atoms with Crippen molar-refractivity contribution in [3.05, 3.63) is 131 Å². The Morgan fingerprint density at radius 2 is 1.18 bits per heavy atom. The molecule has 1 aliphatic carbocycles. The predicted molar refractivity (Wildman–Crippen MR) is 203 cm³/mol. The smallest absolute Gasteiger partial charge is 0.252 e. The Morgan fingerprint density at radius 1 is 0.660 bits per heavy atom. The maximum absolute atomic E-state index is 14.1. The lowest BCUT2D eigenvalue weighted by Gasteiger charge is -2.47. The first kappa shape index (κ1) is 33.2. The fraction of sp³-hybridized carbons (Fsp3) is 0.273. The van der Waals surface area contributed by atoms with Gasteiger partial charge in [0.2, 0.25) is 0 Å². The molecule has 1 aliphatic rings. The molecule has 6 heteroatoms. The zero-order chi connectivity index (χ0) is 35.0. The number of amides is 2. The number of aryl methyl sites for hydroxylation is 2. The predicted octanol–water partition coefficient (Wildman–Crippen LogP) is 9.48. The number of benzene rings is 4. The van der Waals surface area contributed by atoms with Crippen LogP contribution in [0.4, 0.5) is 0 Å². The molecule has 50 heavy (non-hydrogen) atoms. The molecule has 2 N–H and O–H groups in total. The Kier molecular flexibility index (Phi) is 8.73. The Balaban J connectivity index is 1.13. The Labute approximate surface area is 294 Å². The second kappa shape index (κ2) is 13.2. The van der Waals surface area contributed by atoms with Gasteiger partial charge < -0.3 is 10.6 Å². The van der Waals surface area contributed by atoms with E-state index in [1.807, 2.05) is 84.9 Å². The van der Waals surface area contributed by atoms with Gasteiger partial charge in [-0.25, -0.2) is 9.97 Å². The molecule has 0 radical (unpaired) electrons. The highest BCUT2D eigenvalue weighted by Crippen LogP contribution is 2.46. The average Bonchev–Trinajstić information content (AvgIpc) is 3.08. The molecule has 6 aromatic rings. The maximum Gasteiger partial charge on any atom is 0.252 e. The summed E-state index contributed by atoms with van der Waals surface area (Å²) in [7, 11) is 0. The van der Waals surface area contributed by atoms with Crippen LogP contribution in [-0.4, -0.2) is 34.4 Å². The van der Waals surface area contributed by atoms with Crippen LogP contribution in [0.15, 0.2) is 109 Å². The summed E-state index contributed by atoms with van der Waals surface area (Å²) >= 11 is 0. The van der Waals surface area contributed by atoms with Crippen LogP contribution >= 0.6 is 0 Å². The van der Waals surface area contributed by atoms with E-state index in [-0.39, 0.29) is 28.7 Å². The van der Waals surface area contributed by atoms with Gasteiger partial charge in [0, 0.05) is 34.5 Å². The molecule has 2 amide bonds. The van der Waals surface area contributed by atoms with E-state index in [0.717, 1.165) is 74.7 Å². The molecule has 2 atom stereocenters. The van der Waals surface area contributed by atoms with E-state index < -0.39 is 0 Å². The van der Waals surface area contributed by atoms with Gasteiger partial charge in [-0.05, 0) is 80.3 Å². The van der Waals surface area contributed by atoms with Gasteiger partial charge in [0.1, 0.15) is 0 Å². The molecule has 0 aliphatic heterocycles. The number of para-hydroxylation sites is 2. The Bertz CT molecular complexity index is 2260. The molecular formula is C44H44N4O2. The second-order valence-electron chi connectivity index (χ2n) is 15.3. The molecule has 6 nitrogen and oxygen atoms in total. The second-order valence-corrected chi connectivity index (χ2v) is 15.3. The molecular weight excluding hydrogens is 617 g/mol. The lowest BCUT2D eigenvalue weighted by molar-refractivity contribution is 0.0593. The zero-order valence-corrected chi connectivity index (χ0v) is 29.5. The minimum Gasteiger partial charge on any atom is -0.351 e. The maximum atomic E-state index is 14.1. The van der Waals surface area contributed by atoms with Crippen LogP contribution < -0.4 is 10.6 Å². The van der Waals surface area contributed by atoms with Crippen LogP contribution in [-0.2, 0) is 0 Å². The summed E-state index contributed by atoms with van der Waals surface area (Å²) in [6, 6.07) is 35.8. The molecule has 1 saturated carbocycles. The SMILES string of the molecule is Cc1cccc(-c2cc(C(=O)NC[C@]3(C)C[C@H](NC(=O)c4cc(-c5cccc(C)c5)nc5ccccc45)CC(C)(C)C3)c3ccccc3n2)c1. The largest absolute Gasteiger partial charge is 0.351 e. The minimum atomic E-state index is -0.232. The van der Waals surface area contributed by atoms with Gasteiger partial charge in [0.05, 0.1) is 33.5 Å². The highest BCUT2D eigenvalue weighted by atomic mass is 16.2. The third-order valence-corrected chi connectivity index (χ3v) is 10.0. The van der Waals surface area contributed by atoms with Gasteiger partial charge in [-0.1, -0.05) is 105 Å². The van der Waals surface area contributed by atoms with Crippen molar-refractivity contribution in [2.45, 2.75) is 59.9 Å². The molecule has 0 unspecified atom stereocenters. The third kappa shape index (κ3) is 7.02. The quantitative estimate of drug-likeness (QED) is 0.179. The molecule has 4 aromatic carbocycles. The van der Waals surface area contributed by atoms with Crippen LogP contribution in [0.5, 0.6) is 0 Å². The van der Waals surface area contributed by atoms with E-state index >= 15 is 0 Å². The topological polar surface area (TPSA) is 84.0 Å². The first-order chi connectivity index (χ1) is 24.0. The standard InChI is InChI=1S/C44H44N4O2/c1-28-12-10-14-30(20-28)39-22-35(33-16-6-8-18-37(33)47-39)41(49)45-27-44(5)25-32(24-43(3,4)26-44)46-42(50)36-23-40(31-15-11-13-29(2)21-31)48-38-19-9-7-17-34(36)38/h6-23,32H,24-27H2,1-5H3,(H,45,49)(H,46,50)/t32-,44-/m1/s1. The number of carbonyl (C=O) groups excluding carboxylic acids is 2.